The highest BCUT2D eigenvalue weighted by Crippen LogP contribution is 2.26. The van der Waals surface area contributed by atoms with Crippen LogP contribution in [0.3, 0.4) is 0 Å². The molecule has 2 unspecified atom stereocenters. The number of piperidine rings is 1. The van der Waals surface area contributed by atoms with Gasteiger partial charge in [-0.15, -0.1) is 0 Å². The molecular formula is C17H25ClN2O. The molecule has 0 aromatic carbocycles. The van der Waals surface area contributed by atoms with Crippen LogP contribution in [0.2, 0.25) is 5.15 Å². The van der Waals surface area contributed by atoms with E-state index in [1.54, 1.807) is 6.07 Å². The maximum atomic E-state index is 12.8. The Balaban J connectivity index is 2.29. The summed E-state index contributed by atoms with van der Waals surface area (Å²) in [5, 5.41) is 0.392. The zero-order valence-corrected chi connectivity index (χ0v) is 14.4. The Morgan fingerprint density at radius 2 is 1.81 bits per heavy atom. The Morgan fingerprint density at radius 3 is 2.33 bits per heavy atom. The zero-order valence-electron chi connectivity index (χ0n) is 13.6. The number of carbonyl (C=O) groups excluding carboxylic acids is 1. The molecule has 1 fully saturated rings. The van der Waals surface area contributed by atoms with E-state index < -0.39 is 0 Å². The lowest BCUT2D eigenvalue weighted by Gasteiger charge is -2.35. The average Bonchev–Trinajstić information content (AvgIpc) is 2.35. The van der Waals surface area contributed by atoms with Gasteiger partial charge in [-0.05, 0) is 30.4 Å². The van der Waals surface area contributed by atoms with E-state index in [1.807, 2.05) is 11.0 Å². The monoisotopic (exact) mass is 308 g/mol. The second-order valence-electron chi connectivity index (χ2n) is 7.47. The summed E-state index contributed by atoms with van der Waals surface area (Å²) < 4.78 is 0. The van der Waals surface area contributed by atoms with Gasteiger partial charge in [0, 0.05) is 29.8 Å². The van der Waals surface area contributed by atoms with Gasteiger partial charge in [-0.3, -0.25) is 4.79 Å². The Hall–Kier alpha value is -1.09. The summed E-state index contributed by atoms with van der Waals surface area (Å²) in [6.07, 6.45) is 1.19. The Bertz CT molecular complexity index is 526. The van der Waals surface area contributed by atoms with Gasteiger partial charge in [0.05, 0.1) is 0 Å². The molecule has 0 saturated carbocycles. The third-order valence-electron chi connectivity index (χ3n) is 3.97. The van der Waals surface area contributed by atoms with E-state index in [0.717, 1.165) is 18.8 Å². The van der Waals surface area contributed by atoms with Crippen LogP contribution in [0, 0.1) is 11.8 Å². The molecule has 1 saturated heterocycles. The third kappa shape index (κ3) is 3.97. The first-order valence-electron chi connectivity index (χ1n) is 7.64. The first-order valence-corrected chi connectivity index (χ1v) is 8.02. The maximum absolute atomic E-state index is 12.8. The van der Waals surface area contributed by atoms with Crippen LogP contribution in [0.25, 0.3) is 0 Å². The number of hydrogen-bond acceptors (Lipinski definition) is 2. The van der Waals surface area contributed by atoms with E-state index >= 15 is 0 Å². The van der Waals surface area contributed by atoms with E-state index in [0.29, 0.717) is 22.6 Å². The van der Waals surface area contributed by atoms with Gasteiger partial charge in [0.2, 0.25) is 0 Å². The predicted octanol–water partition coefficient (Wildman–Crippen LogP) is 4.15. The summed E-state index contributed by atoms with van der Waals surface area (Å²) in [6, 6.07) is 3.57. The van der Waals surface area contributed by atoms with Gasteiger partial charge in [0.1, 0.15) is 5.15 Å². The highest BCUT2D eigenvalue weighted by atomic mass is 35.5. The number of likely N-dealkylation sites (tertiary alicyclic amines) is 1. The summed E-state index contributed by atoms with van der Waals surface area (Å²) in [5.74, 6) is 1.18. The number of halogens is 1. The molecule has 1 aliphatic rings. The number of rotatable bonds is 1. The topological polar surface area (TPSA) is 33.2 Å². The SMILES string of the molecule is CC1CC(C)CN(C(=O)c2cc(Cl)nc(C(C)(C)C)c2)C1. The maximum Gasteiger partial charge on any atom is 0.254 e. The Kier molecular flexibility index (Phi) is 4.62. The van der Waals surface area contributed by atoms with Crippen LogP contribution in [-0.4, -0.2) is 28.9 Å². The van der Waals surface area contributed by atoms with Crippen molar-refractivity contribution in [1.82, 2.24) is 9.88 Å². The number of pyridine rings is 1. The Morgan fingerprint density at radius 1 is 1.24 bits per heavy atom. The van der Waals surface area contributed by atoms with Gasteiger partial charge in [0.25, 0.3) is 5.91 Å². The van der Waals surface area contributed by atoms with Crippen molar-refractivity contribution in [1.29, 1.82) is 0 Å². The van der Waals surface area contributed by atoms with E-state index in [4.69, 9.17) is 11.6 Å². The minimum absolute atomic E-state index is 0.0724. The molecule has 2 heterocycles. The van der Waals surface area contributed by atoms with Crippen LogP contribution in [0.1, 0.15) is 57.1 Å². The number of nitrogens with zero attached hydrogens (tertiary/aromatic N) is 2. The van der Waals surface area contributed by atoms with Gasteiger partial charge in [-0.1, -0.05) is 46.2 Å². The van der Waals surface area contributed by atoms with Crippen LogP contribution in [-0.2, 0) is 5.41 Å². The van der Waals surface area contributed by atoms with E-state index in [9.17, 15) is 4.79 Å². The van der Waals surface area contributed by atoms with E-state index in [-0.39, 0.29) is 11.3 Å². The highest BCUT2D eigenvalue weighted by Gasteiger charge is 2.27. The molecule has 0 spiro atoms. The lowest BCUT2D eigenvalue weighted by Crippen LogP contribution is -2.42. The molecular weight excluding hydrogens is 284 g/mol. The number of amides is 1. The predicted molar refractivity (Wildman–Crippen MR) is 86.8 cm³/mol. The molecule has 116 valence electrons. The van der Waals surface area contributed by atoms with Crippen LogP contribution in [0.15, 0.2) is 12.1 Å². The minimum atomic E-state index is -0.123. The fourth-order valence-corrected chi connectivity index (χ4v) is 3.22. The summed E-state index contributed by atoms with van der Waals surface area (Å²) in [5.41, 5.74) is 1.39. The number of hydrogen-bond donors (Lipinski definition) is 0. The van der Waals surface area contributed by atoms with Crippen LogP contribution >= 0.6 is 11.6 Å². The van der Waals surface area contributed by atoms with Crippen LogP contribution in [0.4, 0.5) is 0 Å². The summed E-state index contributed by atoms with van der Waals surface area (Å²) in [7, 11) is 0. The summed E-state index contributed by atoms with van der Waals surface area (Å²) in [6.45, 7) is 12.3. The minimum Gasteiger partial charge on any atom is -0.338 e. The highest BCUT2D eigenvalue weighted by molar-refractivity contribution is 6.29. The lowest BCUT2D eigenvalue weighted by molar-refractivity contribution is 0.0623. The molecule has 2 atom stereocenters. The fourth-order valence-electron chi connectivity index (χ4n) is 3.02. The second kappa shape index (κ2) is 5.96. The summed E-state index contributed by atoms with van der Waals surface area (Å²) >= 11 is 6.11. The number of aromatic nitrogens is 1. The first kappa shape index (κ1) is 16.3. The molecule has 1 aromatic rings. The normalized spacial score (nSPS) is 23.2. The molecule has 21 heavy (non-hydrogen) atoms. The second-order valence-corrected chi connectivity index (χ2v) is 7.86. The summed E-state index contributed by atoms with van der Waals surface area (Å²) in [4.78, 5) is 19.1. The van der Waals surface area contributed by atoms with Gasteiger partial charge < -0.3 is 4.90 Å². The zero-order chi connectivity index (χ0) is 15.8. The lowest BCUT2D eigenvalue weighted by atomic mass is 9.89. The smallest absolute Gasteiger partial charge is 0.254 e. The first-order chi connectivity index (χ1) is 9.66. The molecule has 1 aliphatic heterocycles. The van der Waals surface area contributed by atoms with Crippen molar-refractivity contribution < 1.29 is 4.79 Å². The van der Waals surface area contributed by atoms with Gasteiger partial charge >= 0.3 is 0 Å². The Labute approximate surface area is 132 Å². The van der Waals surface area contributed by atoms with Gasteiger partial charge in [0.15, 0.2) is 0 Å². The molecule has 0 aliphatic carbocycles. The largest absolute Gasteiger partial charge is 0.338 e. The van der Waals surface area contributed by atoms with E-state index in [2.05, 4.69) is 39.6 Å². The quantitative estimate of drug-likeness (QED) is 0.730. The third-order valence-corrected chi connectivity index (χ3v) is 4.16. The van der Waals surface area contributed by atoms with Crippen molar-refractivity contribution in [3.63, 3.8) is 0 Å². The fraction of sp³-hybridized carbons (Fsp3) is 0.647. The van der Waals surface area contributed by atoms with Crippen molar-refractivity contribution >= 4 is 17.5 Å². The molecule has 0 N–H and O–H groups in total. The van der Waals surface area contributed by atoms with Gasteiger partial charge in [-0.25, -0.2) is 4.98 Å². The van der Waals surface area contributed by atoms with Crippen molar-refractivity contribution in [3.8, 4) is 0 Å². The molecule has 3 nitrogen and oxygen atoms in total. The molecule has 1 aromatic heterocycles. The average molecular weight is 309 g/mol. The molecule has 1 amide bonds. The van der Waals surface area contributed by atoms with Crippen LogP contribution < -0.4 is 0 Å². The van der Waals surface area contributed by atoms with Crippen molar-refractivity contribution in [2.24, 2.45) is 11.8 Å². The standard InChI is InChI=1S/C17H25ClN2O/c1-11-6-12(2)10-20(9-11)16(21)13-7-14(17(3,4)5)19-15(18)8-13/h7-8,11-12H,6,9-10H2,1-5H3. The van der Waals surface area contributed by atoms with Crippen molar-refractivity contribution in [3.05, 3.63) is 28.5 Å². The molecule has 2 rings (SSSR count). The van der Waals surface area contributed by atoms with Crippen LogP contribution in [0.5, 0.6) is 0 Å². The molecule has 0 bridgehead atoms. The molecule has 4 heteroatoms. The molecule has 0 radical (unpaired) electrons. The van der Waals surface area contributed by atoms with Crippen molar-refractivity contribution in [2.75, 3.05) is 13.1 Å². The van der Waals surface area contributed by atoms with Crippen molar-refractivity contribution in [2.45, 2.75) is 46.5 Å². The van der Waals surface area contributed by atoms with Gasteiger partial charge in [-0.2, -0.15) is 0 Å². The van der Waals surface area contributed by atoms with E-state index in [1.165, 1.54) is 6.42 Å². The number of carbonyl (C=O) groups is 1.